The van der Waals surface area contributed by atoms with Crippen LogP contribution in [0.4, 0.5) is 4.39 Å². The predicted molar refractivity (Wildman–Crippen MR) is 127 cm³/mol. The van der Waals surface area contributed by atoms with E-state index < -0.39 is 3.68 Å². The van der Waals surface area contributed by atoms with Crippen LogP contribution in [-0.4, -0.2) is 16.7 Å². The molecular formula is C23H20ClFIN3O2. The Kier molecular flexibility index (Phi) is 7.34. The number of aromatic nitrogens is 2. The Morgan fingerprint density at radius 1 is 1.23 bits per heavy atom. The molecule has 0 saturated heterocycles. The summed E-state index contributed by atoms with van der Waals surface area (Å²) in [6.07, 6.45) is 2.09. The van der Waals surface area contributed by atoms with Crippen LogP contribution in [0, 0.1) is 11.3 Å². The quantitative estimate of drug-likeness (QED) is 0.300. The lowest BCUT2D eigenvalue weighted by Gasteiger charge is -2.18. The lowest BCUT2D eigenvalue weighted by molar-refractivity contribution is 0.336. The molecule has 0 spiro atoms. The molecule has 3 rings (SSSR count). The number of benzene rings is 2. The van der Waals surface area contributed by atoms with Crippen LogP contribution >= 0.6 is 34.2 Å². The maximum atomic E-state index is 14.8. The highest BCUT2D eigenvalue weighted by Gasteiger charge is 2.28. The Labute approximate surface area is 198 Å². The van der Waals surface area contributed by atoms with Crippen LogP contribution in [0.25, 0.3) is 0 Å². The molecule has 0 amide bonds. The van der Waals surface area contributed by atoms with Gasteiger partial charge in [-0.2, -0.15) is 5.26 Å². The van der Waals surface area contributed by atoms with E-state index in [0.29, 0.717) is 29.1 Å². The van der Waals surface area contributed by atoms with Crippen molar-refractivity contribution in [3.8, 4) is 11.8 Å². The van der Waals surface area contributed by atoms with E-state index in [2.05, 4.69) is 11.1 Å². The number of methoxy groups -OCH3 is 1. The highest BCUT2D eigenvalue weighted by atomic mass is 127. The molecular weight excluding hydrogens is 532 g/mol. The number of halogens is 3. The van der Waals surface area contributed by atoms with E-state index in [0.717, 1.165) is 16.9 Å². The van der Waals surface area contributed by atoms with E-state index in [4.69, 9.17) is 21.6 Å². The fraction of sp³-hybridized carbons (Fsp3) is 0.261. The monoisotopic (exact) mass is 551 g/mol. The Balaban J connectivity index is 1.94. The van der Waals surface area contributed by atoms with Gasteiger partial charge in [-0.25, -0.2) is 9.37 Å². The van der Waals surface area contributed by atoms with Crippen LogP contribution in [0.15, 0.2) is 53.6 Å². The van der Waals surface area contributed by atoms with Gasteiger partial charge in [-0.1, -0.05) is 23.7 Å². The number of nitriles is 1. The number of ether oxygens (including phenoxy) is 1. The van der Waals surface area contributed by atoms with E-state index in [-0.39, 0.29) is 17.7 Å². The van der Waals surface area contributed by atoms with Crippen molar-refractivity contribution < 1.29 is 9.13 Å². The average molecular weight is 552 g/mol. The van der Waals surface area contributed by atoms with Crippen LogP contribution in [-0.2, 0) is 23.1 Å². The second-order valence-corrected chi connectivity index (χ2v) is 9.66. The first-order valence-corrected chi connectivity index (χ1v) is 11.0. The van der Waals surface area contributed by atoms with Crippen LogP contribution in [0.3, 0.4) is 0 Å². The second-order valence-electron chi connectivity index (χ2n) is 7.20. The third-order valence-corrected chi connectivity index (χ3v) is 5.54. The molecule has 0 bridgehead atoms. The molecule has 2 aromatic carbocycles. The van der Waals surface area contributed by atoms with E-state index in [9.17, 15) is 9.18 Å². The van der Waals surface area contributed by atoms with Gasteiger partial charge in [0.05, 0.1) is 37.3 Å². The van der Waals surface area contributed by atoms with E-state index in [1.54, 1.807) is 47.9 Å². The van der Waals surface area contributed by atoms with Gasteiger partial charge in [-0.05, 0) is 83.8 Å². The van der Waals surface area contributed by atoms with E-state index in [1.165, 1.54) is 17.8 Å². The minimum absolute atomic E-state index is 0.117. The Morgan fingerprint density at radius 3 is 2.55 bits per heavy atom. The highest BCUT2D eigenvalue weighted by Crippen LogP contribution is 2.33. The average Bonchev–Trinajstić information content (AvgIpc) is 2.73. The Morgan fingerprint density at radius 2 is 1.94 bits per heavy atom. The first-order valence-electron chi connectivity index (χ1n) is 9.50. The van der Waals surface area contributed by atoms with Gasteiger partial charge in [0.25, 0.3) is 5.56 Å². The molecule has 3 aromatic rings. The highest BCUT2D eigenvalue weighted by molar-refractivity contribution is 14.1. The summed E-state index contributed by atoms with van der Waals surface area (Å²) in [5, 5.41) is 9.59. The summed E-state index contributed by atoms with van der Waals surface area (Å²) in [5.41, 5.74) is 2.28. The van der Waals surface area contributed by atoms with Gasteiger partial charge in [0.2, 0.25) is 3.68 Å². The van der Waals surface area contributed by atoms with Crippen molar-refractivity contribution in [3.05, 3.63) is 92.1 Å². The summed E-state index contributed by atoms with van der Waals surface area (Å²) in [7, 11) is 1.59. The Bertz CT molecular complexity index is 1180. The zero-order valence-electron chi connectivity index (χ0n) is 17.0. The molecule has 1 atom stereocenters. The topological polar surface area (TPSA) is 67.9 Å². The number of nitrogens with zero attached hydrogens (tertiary/aromatic N) is 3. The molecule has 31 heavy (non-hydrogen) atoms. The molecule has 1 heterocycles. The SMILES string of the molecule is COc1ccc(Cn2cnc(C(C)(F)I)c(CCc3cc(Cl)cc(C#N)c3)c2=O)cc1. The number of hydrogen-bond acceptors (Lipinski definition) is 4. The molecule has 0 aliphatic carbocycles. The third kappa shape index (κ3) is 5.83. The van der Waals surface area contributed by atoms with Crippen molar-refractivity contribution in [2.45, 2.75) is 30.0 Å². The number of alkyl halides is 2. The lowest BCUT2D eigenvalue weighted by atomic mass is 10.0. The molecule has 1 unspecified atom stereocenters. The summed E-state index contributed by atoms with van der Waals surface area (Å²) in [6.45, 7) is 1.68. The zero-order valence-corrected chi connectivity index (χ0v) is 19.9. The number of aryl methyl sites for hydroxylation is 1. The molecule has 0 aliphatic rings. The zero-order chi connectivity index (χ0) is 22.6. The summed E-state index contributed by atoms with van der Waals surface area (Å²) < 4.78 is 19.7. The number of hydrogen-bond donors (Lipinski definition) is 0. The first-order chi connectivity index (χ1) is 14.7. The van der Waals surface area contributed by atoms with Gasteiger partial charge < -0.3 is 4.74 Å². The fourth-order valence-corrected chi connectivity index (χ4v) is 4.03. The van der Waals surface area contributed by atoms with Crippen molar-refractivity contribution in [1.29, 1.82) is 5.26 Å². The maximum Gasteiger partial charge on any atom is 0.257 e. The molecule has 0 N–H and O–H groups in total. The molecule has 160 valence electrons. The van der Waals surface area contributed by atoms with E-state index in [1.807, 2.05) is 24.3 Å². The van der Waals surface area contributed by atoms with Crippen molar-refractivity contribution in [1.82, 2.24) is 9.55 Å². The van der Waals surface area contributed by atoms with Gasteiger partial charge in [0, 0.05) is 10.6 Å². The molecule has 0 radical (unpaired) electrons. The largest absolute Gasteiger partial charge is 0.497 e. The summed E-state index contributed by atoms with van der Waals surface area (Å²) in [6, 6.07) is 14.5. The summed E-state index contributed by atoms with van der Waals surface area (Å²) in [5.74, 6) is 0.724. The van der Waals surface area contributed by atoms with E-state index >= 15 is 0 Å². The van der Waals surface area contributed by atoms with Gasteiger partial charge in [-0.15, -0.1) is 0 Å². The van der Waals surface area contributed by atoms with Crippen LogP contribution in [0.2, 0.25) is 5.02 Å². The normalized spacial score (nSPS) is 12.8. The summed E-state index contributed by atoms with van der Waals surface area (Å²) in [4.78, 5) is 17.5. The van der Waals surface area contributed by atoms with Crippen molar-refractivity contribution in [3.63, 3.8) is 0 Å². The number of rotatable bonds is 7. The second kappa shape index (κ2) is 9.79. The first kappa shape index (κ1) is 23.2. The lowest BCUT2D eigenvalue weighted by Crippen LogP contribution is -2.30. The van der Waals surface area contributed by atoms with Gasteiger partial charge in [0.1, 0.15) is 5.75 Å². The maximum absolute atomic E-state index is 14.8. The smallest absolute Gasteiger partial charge is 0.257 e. The van der Waals surface area contributed by atoms with Gasteiger partial charge in [0.15, 0.2) is 0 Å². The predicted octanol–water partition coefficient (Wildman–Crippen LogP) is 5.19. The molecule has 1 aromatic heterocycles. The van der Waals surface area contributed by atoms with Crippen LogP contribution < -0.4 is 10.3 Å². The van der Waals surface area contributed by atoms with Crippen LogP contribution in [0.5, 0.6) is 5.75 Å². The van der Waals surface area contributed by atoms with Crippen molar-refractivity contribution >= 4 is 34.2 Å². The summed E-state index contributed by atoms with van der Waals surface area (Å²) >= 11 is 7.73. The van der Waals surface area contributed by atoms with Gasteiger partial charge in [-0.3, -0.25) is 9.36 Å². The third-order valence-electron chi connectivity index (χ3n) is 4.81. The molecule has 5 nitrogen and oxygen atoms in total. The Hall–Kier alpha value is -2.44. The van der Waals surface area contributed by atoms with Crippen molar-refractivity contribution in [2.75, 3.05) is 7.11 Å². The minimum Gasteiger partial charge on any atom is -0.497 e. The molecule has 8 heteroatoms. The fourth-order valence-electron chi connectivity index (χ4n) is 3.30. The minimum atomic E-state index is -1.79. The van der Waals surface area contributed by atoms with Crippen LogP contribution in [0.1, 0.15) is 34.9 Å². The standard InChI is InChI=1S/C23H20ClFIN3O2/c1-23(25,26)21-20(8-5-16-9-17(12-27)11-18(24)10-16)22(30)29(14-28-21)13-15-3-6-19(31-2)7-4-15/h3-4,6-7,9-11,14H,5,8,13H2,1-2H3. The van der Waals surface area contributed by atoms with Gasteiger partial charge >= 0.3 is 0 Å². The molecule has 0 aliphatic heterocycles. The van der Waals surface area contributed by atoms with Crippen molar-refractivity contribution in [2.24, 2.45) is 0 Å². The molecule has 0 saturated carbocycles. The molecule has 0 fully saturated rings.